The van der Waals surface area contributed by atoms with Gasteiger partial charge in [-0.2, -0.15) is 0 Å². The van der Waals surface area contributed by atoms with Crippen LogP contribution in [-0.2, 0) is 23.4 Å². The molecule has 0 radical (unpaired) electrons. The molecule has 3 aromatic rings. The third kappa shape index (κ3) is 6.12. The Labute approximate surface area is 206 Å². The number of carbonyl (C=O) groups is 2. The summed E-state index contributed by atoms with van der Waals surface area (Å²) in [5.74, 6) is 0.730. The molecular weight excluding hydrogens is 442 g/mol. The summed E-state index contributed by atoms with van der Waals surface area (Å²) in [6.07, 6.45) is 0.829. The molecule has 0 aliphatic carbocycles. The summed E-state index contributed by atoms with van der Waals surface area (Å²) in [7, 11) is 1.61. The van der Waals surface area contributed by atoms with Crippen molar-refractivity contribution in [1.82, 2.24) is 15.5 Å². The van der Waals surface area contributed by atoms with Gasteiger partial charge in [-0.25, -0.2) is 9.59 Å². The molecule has 1 aliphatic heterocycles. The van der Waals surface area contributed by atoms with Gasteiger partial charge in [-0.3, -0.25) is 0 Å². The molecule has 0 unspecified atom stereocenters. The Morgan fingerprint density at radius 2 is 1.51 bits per heavy atom. The van der Waals surface area contributed by atoms with E-state index >= 15 is 0 Å². The summed E-state index contributed by atoms with van der Waals surface area (Å²) in [4.78, 5) is 27.3. The number of methoxy groups -OCH3 is 1. The normalized spacial score (nSPS) is 14.6. The van der Waals surface area contributed by atoms with Crippen molar-refractivity contribution in [3.8, 4) is 5.75 Å². The van der Waals surface area contributed by atoms with Crippen LogP contribution in [0.25, 0.3) is 0 Å². The van der Waals surface area contributed by atoms with E-state index in [0.717, 1.165) is 22.4 Å². The zero-order valence-corrected chi connectivity index (χ0v) is 19.9. The number of rotatable bonds is 7. The third-order valence-corrected chi connectivity index (χ3v) is 6.39. The van der Waals surface area contributed by atoms with Crippen LogP contribution in [0, 0.1) is 0 Å². The van der Waals surface area contributed by atoms with Crippen molar-refractivity contribution >= 4 is 12.1 Å². The molecule has 1 heterocycles. The molecule has 7 nitrogen and oxygen atoms in total. The van der Waals surface area contributed by atoms with Crippen LogP contribution in [0.2, 0.25) is 0 Å². The van der Waals surface area contributed by atoms with Crippen molar-refractivity contribution in [3.05, 3.63) is 102 Å². The van der Waals surface area contributed by atoms with Gasteiger partial charge in [0.05, 0.1) is 12.6 Å². The second-order valence-electron chi connectivity index (χ2n) is 8.59. The molecule has 7 heteroatoms. The molecule has 2 N–H and O–H groups in total. The fourth-order valence-corrected chi connectivity index (χ4v) is 4.41. The zero-order valence-electron chi connectivity index (χ0n) is 19.9. The van der Waals surface area contributed by atoms with Gasteiger partial charge in [-0.15, -0.1) is 0 Å². The lowest BCUT2D eigenvalue weighted by Gasteiger charge is -2.42. The standard InChI is InChI=1S/C28H31N3O4/c1-34-25-15-9-8-12-23(25)20-29-26(32)30-28(24-13-6-3-7-14-24)16-18-31(19-17-28)27(33)35-21-22-10-4-2-5-11-22/h2-15H,16-21H2,1H3,(H2,29,30,32). The molecule has 0 atom stereocenters. The van der Waals surface area contributed by atoms with Crippen LogP contribution in [0.1, 0.15) is 29.5 Å². The maximum Gasteiger partial charge on any atom is 0.410 e. The molecule has 1 aliphatic rings. The number of hydrogen-bond acceptors (Lipinski definition) is 4. The van der Waals surface area contributed by atoms with Gasteiger partial charge in [-0.05, 0) is 30.0 Å². The Morgan fingerprint density at radius 3 is 2.20 bits per heavy atom. The number of nitrogens with zero attached hydrogens (tertiary/aromatic N) is 1. The number of amides is 3. The summed E-state index contributed by atoms with van der Waals surface area (Å²) in [5, 5.41) is 6.16. The number of carbonyl (C=O) groups excluding carboxylic acids is 2. The largest absolute Gasteiger partial charge is 0.496 e. The number of piperidine rings is 1. The summed E-state index contributed by atoms with van der Waals surface area (Å²) < 4.78 is 10.9. The number of benzene rings is 3. The number of ether oxygens (including phenoxy) is 2. The first-order chi connectivity index (χ1) is 17.1. The fraction of sp³-hybridized carbons (Fsp3) is 0.286. The lowest BCUT2D eigenvalue weighted by Crippen LogP contribution is -2.56. The van der Waals surface area contributed by atoms with E-state index in [-0.39, 0.29) is 18.7 Å². The molecule has 35 heavy (non-hydrogen) atoms. The minimum Gasteiger partial charge on any atom is -0.496 e. The highest BCUT2D eigenvalue weighted by Crippen LogP contribution is 2.33. The van der Waals surface area contributed by atoms with Crippen molar-refractivity contribution < 1.29 is 19.1 Å². The minimum atomic E-state index is -0.581. The third-order valence-electron chi connectivity index (χ3n) is 6.39. The van der Waals surface area contributed by atoms with Crippen LogP contribution >= 0.6 is 0 Å². The molecule has 0 aromatic heterocycles. The van der Waals surface area contributed by atoms with E-state index < -0.39 is 5.54 Å². The molecular formula is C28H31N3O4. The van der Waals surface area contributed by atoms with Gasteiger partial charge in [0.25, 0.3) is 0 Å². The predicted octanol–water partition coefficient (Wildman–Crippen LogP) is 4.82. The maximum absolute atomic E-state index is 13.0. The summed E-state index contributed by atoms with van der Waals surface area (Å²) in [6, 6.07) is 26.9. The van der Waals surface area contributed by atoms with Gasteiger partial charge in [0, 0.05) is 25.2 Å². The predicted molar refractivity (Wildman–Crippen MR) is 134 cm³/mol. The highest BCUT2D eigenvalue weighted by Gasteiger charge is 2.39. The number of likely N-dealkylation sites (tertiary alicyclic amines) is 1. The monoisotopic (exact) mass is 473 g/mol. The van der Waals surface area contributed by atoms with Crippen molar-refractivity contribution in [2.75, 3.05) is 20.2 Å². The van der Waals surface area contributed by atoms with Gasteiger partial charge in [-0.1, -0.05) is 78.9 Å². The Morgan fingerprint density at radius 1 is 0.886 bits per heavy atom. The topological polar surface area (TPSA) is 79.9 Å². The maximum atomic E-state index is 13.0. The molecule has 3 amide bonds. The van der Waals surface area contributed by atoms with Crippen LogP contribution in [0.3, 0.4) is 0 Å². The molecule has 4 rings (SSSR count). The van der Waals surface area contributed by atoms with Crippen molar-refractivity contribution in [2.24, 2.45) is 0 Å². The molecule has 0 saturated carbocycles. The first-order valence-electron chi connectivity index (χ1n) is 11.8. The molecule has 1 saturated heterocycles. The Balaban J connectivity index is 1.39. The highest BCUT2D eigenvalue weighted by molar-refractivity contribution is 5.75. The molecule has 182 valence electrons. The summed E-state index contributed by atoms with van der Waals surface area (Å²) in [6.45, 7) is 1.55. The van der Waals surface area contributed by atoms with E-state index in [2.05, 4.69) is 10.6 Å². The summed E-state index contributed by atoms with van der Waals surface area (Å²) >= 11 is 0. The Hall–Kier alpha value is -4.00. The van der Waals surface area contributed by atoms with Crippen LogP contribution in [0.4, 0.5) is 9.59 Å². The van der Waals surface area contributed by atoms with Crippen molar-refractivity contribution in [1.29, 1.82) is 0 Å². The second-order valence-corrected chi connectivity index (χ2v) is 8.59. The SMILES string of the molecule is COc1ccccc1CNC(=O)NC1(c2ccccc2)CCN(C(=O)OCc2ccccc2)CC1. The van der Waals surface area contributed by atoms with Gasteiger partial charge >= 0.3 is 12.1 Å². The van der Waals surface area contributed by atoms with Gasteiger partial charge in [0.2, 0.25) is 0 Å². The van der Waals surface area contributed by atoms with Crippen LogP contribution < -0.4 is 15.4 Å². The van der Waals surface area contributed by atoms with Gasteiger partial charge < -0.3 is 25.0 Å². The van der Waals surface area contributed by atoms with Crippen LogP contribution in [0.5, 0.6) is 5.75 Å². The van der Waals surface area contributed by atoms with Crippen molar-refractivity contribution in [2.45, 2.75) is 31.5 Å². The number of para-hydroxylation sites is 1. The van der Waals surface area contributed by atoms with Gasteiger partial charge in [0.1, 0.15) is 12.4 Å². The van der Waals surface area contributed by atoms with Crippen molar-refractivity contribution in [3.63, 3.8) is 0 Å². The molecule has 3 aromatic carbocycles. The highest BCUT2D eigenvalue weighted by atomic mass is 16.6. The van der Waals surface area contributed by atoms with E-state index in [4.69, 9.17) is 9.47 Å². The number of hydrogen-bond donors (Lipinski definition) is 2. The van der Waals surface area contributed by atoms with Gasteiger partial charge in [0.15, 0.2) is 0 Å². The summed E-state index contributed by atoms with van der Waals surface area (Å²) in [5.41, 5.74) is 2.28. The Bertz CT molecular complexity index is 1110. The quantitative estimate of drug-likeness (QED) is 0.516. The smallest absolute Gasteiger partial charge is 0.410 e. The zero-order chi connectivity index (χ0) is 24.5. The molecule has 1 fully saturated rings. The van der Waals surface area contributed by atoms with E-state index in [0.29, 0.717) is 32.5 Å². The average Bonchev–Trinajstić information content (AvgIpc) is 2.92. The number of nitrogens with one attached hydrogen (secondary N) is 2. The first-order valence-corrected chi connectivity index (χ1v) is 11.8. The molecule has 0 bridgehead atoms. The fourth-order valence-electron chi connectivity index (χ4n) is 4.41. The van der Waals surface area contributed by atoms with E-state index in [9.17, 15) is 9.59 Å². The first kappa shape index (κ1) is 24.1. The Kier molecular flexibility index (Phi) is 7.88. The van der Waals surface area contributed by atoms with Crippen LogP contribution in [0.15, 0.2) is 84.9 Å². The van der Waals surface area contributed by atoms with E-state index in [1.807, 2.05) is 84.9 Å². The lowest BCUT2D eigenvalue weighted by molar-refractivity contribution is 0.0734. The number of urea groups is 1. The molecule has 0 spiro atoms. The minimum absolute atomic E-state index is 0.240. The van der Waals surface area contributed by atoms with E-state index in [1.165, 1.54) is 0 Å². The second kappa shape index (κ2) is 11.4. The van der Waals surface area contributed by atoms with E-state index in [1.54, 1.807) is 12.0 Å². The lowest BCUT2D eigenvalue weighted by atomic mass is 9.81. The average molecular weight is 474 g/mol. The van der Waals surface area contributed by atoms with Crippen LogP contribution in [-0.4, -0.2) is 37.2 Å².